The van der Waals surface area contributed by atoms with E-state index in [0.29, 0.717) is 17.5 Å². The monoisotopic (exact) mass is 1360 g/mol. The van der Waals surface area contributed by atoms with Gasteiger partial charge < -0.3 is 113 Å². The predicted octanol–water partition coefficient (Wildman–Crippen LogP) is -7.34. The molecular formula is C58H91N19O17S. The number of guanidine groups is 2. The summed E-state index contributed by atoms with van der Waals surface area (Å²) in [4.78, 5) is 180. The van der Waals surface area contributed by atoms with E-state index in [1.807, 2.05) is 13.8 Å². The van der Waals surface area contributed by atoms with Crippen LogP contribution in [0.1, 0.15) is 90.7 Å². The van der Waals surface area contributed by atoms with Gasteiger partial charge in [0.25, 0.3) is 0 Å². The van der Waals surface area contributed by atoms with E-state index in [0.717, 1.165) is 0 Å². The number of aliphatic hydroxyl groups is 1. The van der Waals surface area contributed by atoms with Crippen LogP contribution in [0.2, 0.25) is 0 Å². The fraction of sp³-hybridized carbons (Fsp3) is 0.534. The fourth-order valence-corrected chi connectivity index (χ4v) is 8.91. The lowest BCUT2D eigenvalue weighted by Gasteiger charge is -2.26. The second-order valence-electron chi connectivity index (χ2n) is 22.5. The van der Waals surface area contributed by atoms with Crippen LogP contribution in [0.3, 0.4) is 0 Å². The number of aliphatic imine (C=N–C) groups is 2. The number of amides is 12. The van der Waals surface area contributed by atoms with Crippen LogP contribution in [-0.4, -0.2) is 208 Å². The van der Waals surface area contributed by atoms with E-state index in [1.54, 1.807) is 0 Å². The maximum Gasteiger partial charge on any atom is 0.303 e. The van der Waals surface area contributed by atoms with Crippen molar-refractivity contribution in [3.63, 3.8) is 0 Å². The minimum atomic E-state index is -1.68. The molecule has 0 aromatic heterocycles. The summed E-state index contributed by atoms with van der Waals surface area (Å²) in [6, 6.07) is -4.34. The summed E-state index contributed by atoms with van der Waals surface area (Å²) in [5.41, 5.74) is 34.1. The number of nitrogens with one attached hydrogen (secondary N) is 11. The second kappa shape index (κ2) is 41.5. The second-order valence-corrected chi connectivity index (χ2v) is 22.8. The molecule has 27 N–H and O–H groups in total. The van der Waals surface area contributed by atoms with Gasteiger partial charge in [-0.05, 0) is 101 Å². The summed E-state index contributed by atoms with van der Waals surface area (Å²) in [5.74, 6) is -13.7. The molecule has 95 heavy (non-hydrogen) atoms. The Bertz CT molecular complexity index is 3020. The first-order valence-electron chi connectivity index (χ1n) is 30.1. The zero-order valence-corrected chi connectivity index (χ0v) is 54.2. The van der Waals surface area contributed by atoms with Gasteiger partial charge in [-0.1, -0.05) is 38.1 Å². The van der Waals surface area contributed by atoms with Gasteiger partial charge in [-0.15, -0.1) is 0 Å². The van der Waals surface area contributed by atoms with Crippen LogP contribution in [0.4, 0.5) is 0 Å². The molecule has 0 fully saturated rings. The van der Waals surface area contributed by atoms with E-state index in [2.05, 4.69) is 81.1 Å². The number of carboxylic acid groups (broad SMARTS) is 1. The van der Waals surface area contributed by atoms with E-state index in [-0.39, 0.29) is 86.7 Å². The van der Waals surface area contributed by atoms with Crippen molar-refractivity contribution in [3.8, 4) is 11.5 Å². The summed E-state index contributed by atoms with van der Waals surface area (Å²) in [7, 11) is 0. The molecule has 0 saturated carbocycles. The molecule has 2 rings (SSSR count). The molecular weight excluding hydrogens is 1270 g/mol. The Morgan fingerprint density at radius 3 is 1.23 bits per heavy atom. The Morgan fingerprint density at radius 1 is 0.463 bits per heavy atom. The van der Waals surface area contributed by atoms with Gasteiger partial charge in [-0.3, -0.25) is 72.3 Å². The molecule has 0 aliphatic rings. The van der Waals surface area contributed by atoms with Crippen molar-refractivity contribution in [1.29, 1.82) is 0 Å². The summed E-state index contributed by atoms with van der Waals surface area (Å²) in [6.07, 6.45) is -1.34. The normalized spacial score (nSPS) is 14.4. The Hall–Kier alpha value is -10.0. The van der Waals surface area contributed by atoms with Crippen LogP contribution in [0.15, 0.2) is 58.5 Å². The molecule has 0 spiro atoms. The molecule has 526 valence electrons. The van der Waals surface area contributed by atoms with Crippen LogP contribution >= 0.6 is 12.6 Å². The van der Waals surface area contributed by atoms with E-state index in [1.165, 1.54) is 69.3 Å². The van der Waals surface area contributed by atoms with Crippen LogP contribution in [0.25, 0.3) is 0 Å². The zero-order valence-electron chi connectivity index (χ0n) is 53.3. The molecule has 0 saturated heterocycles. The van der Waals surface area contributed by atoms with Crippen molar-refractivity contribution in [2.45, 2.75) is 159 Å². The number of carboxylic acids is 1. The molecule has 11 atom stereocenters. The Kier molecular flexibility index (Phi) is 35.4. The first-order chi connectivity index (χ1) is 44.6. The molecule has 0 aliphatic heterocycles. The molecule has 36 nitrogen and oxygen atoms in total. The average Bonchev–Trinajstić information content (AvgIpc) is 1.06. The number of thiol groups is 1. The number of primary amides is 1. The zero-order chi connectivity index (χ0) is 71.6. The number of benzene rings is 2. The van der Waals surface area contributed by atoms with E-state index in [4.69, 9.17) is 34.4 Å². The van der Waals surface area contributed by atoms with E-state index >= 15 is 0 Å². The average molecular weight is 1360 g/mol. The van der Waals surface area contributed by atoms with Gasteiger partial charge in [-0.25, -0.2) is 0 Å². The number of phenolic OH excluding ortho intramolecular Hbond substituents is 2. The first kappa shape index (κ1) is 81.1. The number of rotatable bonds is 42. The molecule has 37 heteroatoms. The third-order valence-corrected chi connectivity index (χ3v) is 14.2. The maximum absolute atomic E-state index is 13.9. The highest BCUT2D eigenvalue weighted by atomic mass is 32.1. The number of carbonyl (C=O) groups is 13. The third kappa shape index (κ3) is 31.4. The standard InChI is InChI=1S/C58H91N19O17S/c1-28(2)22-36(59)50(88)74-40(23-32-10-14-34(79)15-11-32)54(92)72-37(8-6-20-65-57(61)62)51(89)69-29(3)47(85)67-25-44(81)68-30(4)48(86)77-43(27-95)56(94)73-38(9-7-21-66-58(63)64)52(90)70-31(5)49(87)71-39(18-19-45(82)83)53(91)75-41(24-33-12-16-35(80)17-13-33)55(93)76-42(26-78)46(60)84/h10-17,28-31,36-43,78-80,95H,6-9,18-27,59H2,1-5H3,(H2,60,84)(H,67,85)(H,68,81)(H,69,89)(H,70,90)(H,71,87)(H,72,92)(H,73,94)(H,74,88)(H,75,91)(H,76,93)(H,77,86)(H,82,83)(H4,61,62,65)(H4,63,64,66)/t29-,30-,31-,36-,37-,38-,39-,40-,41-,42-,43-/m0/s1. The number of aliphatic hydroxyl groups excluding tert-OH is 1. The lowest BCUT2D eigenvalue weighted by molar-refractivity contribution is -0.138. The van der Waals surface area contributed by atoms with Crippen molar-refractivity contribution in [3.05, 3.63) is 59.7 Å². The molecule has 0 radical (unpaired) electrons. The van der Waals surface area contributed by atoms with Crippen LogP contribution in [0.5, 0.6) is 11.5 Å². The van der Waals surface area contributed by atoms with Crippen molar-refractivity contribution in [1.82, 2.24) is 58.5 Å². The quantitative estimate of drug-likeness (QED) is 0.0127. The minimum Gasteiger partial charge on any atom is -0.508 e. The Morgan fingerprint density at radius 2 is 0.821 bits per heavy atom. The minimum absolute atomic E-state index is 0.0405. The summed E-state index contributed by atoms with van der Waals surface area (Å²) < 4.78 is 0. The highest BCUT2D eigenvalue weighted by Crippen LogP contribution is 2.15. The van der Waals surface area contributed by atoms with Gasteiger partial charge in [0.15, 0.2) is 11.9 Å². The Labute approximate surface area is 553 Å². The third-order valence-electron chi connectivity index (χ3n) is 13.9. The molecule has 2 aromatic rings. The lowest BCUT2D eigenvalue weighted by atomic mass is 10.0. The summed E-state index contributed by atoms with van der Waals surface area (Å²) in [6.45, 7) is 5.79. The van der Waals surface area contributed by atoms with Crippen LogP contribution < -0.4 is 92.9 Å². The molecule has 0 bridgehead atoms. The number of aliphatic carboxylic acids is 1. The highest BCUT2D eigenvalue weighted by Gasteiger charge is 2.35. The van der Waals surface area contributed by atoms with Gasteiger partial charge in [0.1, 0.15) is 71.9 Å². The number of carbonyl (C=O) groups excluding carboxylic acids is 12. The maximum atomic E-state index is 13.9. The van der Waals surface area contributed by atoms with Crippen molar-refractivity contribution < 1.29 is 82.8 Å². The van der Waals surface area contributed by atoms with Gasteiger partial charge >= 0.3 is 5.97 Å². The highest BCUT2D eigenvalue weighted by molar-refractivity contribution is 7.80. The number of nitrogens with zero attached hydrogens (tertiary/aromatic N) is 2. The number of hydrogen-bond donors (Lipinski definition) is 22. The molecule has 0 unspecified atom stereocenters. The van der Waals surface area contributed by atoms with E-state index in [9.17, 15) is 82.8 Å². The van der Waals surface area contributed by atoms with Crippen molar-refractivity contribution >= 4 is 101 Å². The first-order valence-corrected chi connectivity index (χ1v) is 30.7. The van der Waals surface area contributed by atoms with Crippen molar-refractivity contribution in [2.24, 2.45) is 50.3 Å². The summed E-state index contributed by atoms with van der Waals surface area (Å²) in [5, 5.41) is 65.3. The molecule has 2 aromatic carbocycles. The molecule has 0 heterocycles. The summed E-state index contributed by atoms with van der Waals surface area (Å²) >= 11 is 4.18. The lowest BCUT2D eigenvalue weighted by Crippen LogP contribution is -2.60. The number of nitrogens with two attached hydrogens (primary N) is 6. The molecule has 12 amide bonds. The van der Waals surface area contributed by atoms with Gasteiger partial charge in [0.05, 0.1) is 19.2 Å². The number of hydrogen-bond acceptors (Lipinski definition) is 20. The number of phenols is 2. The van der Waals surface area contributed by atoms with Gasteiger partial charge in [0, 0.05) is 38.1 Å². The Balaban J connectivity index is 2.19. The van der Waals surface area contributed by atoms with Gasteiger partial charge in [-0.2, -0.15) is 12.6 Å². The molecule has 0 aliphatic carbocycles. The van der Waals surface area contributed by atoms with Gasteiger partial charge in [0.2, 0.25) is 70.9 Å². The fourth-order valence-electron chi connectivity index (χ4n) is 8.65. The van der Waals surface area contributed by atoms with Crippen LogP contribution in [-0.2, 0) is 75.2 Å². The topological polar surface area (TPSA) is 616 Å². The SMILES string of the molecule is CC(C)C[C@H](N)C(=O)N[C@@H](Cc1ccc(O)cc1)C(=O)N[C@@H](CCCN=C(N)N)C(=O)N[C@@H](C)C(=O)NCC(=O)N[C@@H](C)C(=O)N[C@@H](CS)C(=O)N[C@@H](CCCN=C(N)N)C(=O)N[C@@H](C)C(=O)N[C@@H](CCC(=O)O)C(=O)N[C@@H](Cc1ccc(O)cc1)C(=O)N[C@@H](CO)C(N)=O. The van der Waals surface area contributed by atoms with E-state index < -0.39 is 169 Å². The number of aromatic hydroxyl groups is 2. The largest absolute Gasteiger partial charge is 0.508 e. The van der Waals surface area contributed by atoms with Crippen LogP contribution in [0, 0.1) is 5.92 Å². The predicted molar refractivity (Wildman–Crippen MR) is 347 cm³/mol. The smallest absolute Gasteiger partial charge is 0.303 e. The van der Waals surface area contributed by atoms with Crippen molar-refractivity contribution in [2.75, 3.05) is 32.0 Å².